The summed E-state index contributed by atoms with van der Waals surface area (Å²) < 4.78 is 3.21. The molecule has 1 aromatic heterocycles. The third-order valence-electron chi connectivity index (χ3n) is 4.11. The Morgan fingerprint density at radius 3 is 1.62 bits per heavy atom. The van der Waals surface area contributed by atoms with E-state index in [1.54, 1.807) is 24.3 Å². The van der Waals surface area contributed by atoms with Gasteiger partial charge >= 0.3 is 5.56 Å². The molecule has 5 nitrogen and oxygen atoms in total. The van der Waals surface area contributed by atoms with E-state index < -0.39 is 5.56 Å². The number of aromatic nitrogens is 3. The third-order valence-corrected chi connectivity index (χ3v) is 4.11. The summed E-state index contributed by atoms with van der Waals surface area (Å²) >= 11 is 0. The topological polar surface area (TPSA) is 49.9 Å². The Labute approximate surface area is 149 Å². The molecule has 4 aromatic rings. The smallest absolute Gasteiger partial charge is 0.263 e. The van der Waals surface area contributed by atoms with Gasteiger partial charge in [-0.05, 0) is 33.6 Å². The molecular formula is C21H16N3O2+. The lowest BCUT2D eigenvalue weighted by Crippen LogP contribution is -2.47. The minimum atomic E-state index is -0.391. The normalized spacial score (nSPS) is 10.6. The molecule has 0 unspecified atom stereocenters. The summed E-state index contributed by atoms with van der Waals surface area (Å²) in [6, 6.07) is 29.0. The van der Waals surface area contributed by atoms with Crippen LogP contribution in [0.2, 0.25) is 0 Å². The van der Waals surface area contributed by atoms with Crippen LogP contribution in [-0.4, -0.2) is 9.36 Å². The van der Waals surface area contributed by atoms with Crippen LogP contribution < -0.4 is 10.2 Å². The molecule has 0 aliphatic rings. The molecule has 0 atom stereocenters. The Morgan fingerprint density at radius 1 is 0.615 bits per heavy atom. The molecule has 0 aliphatic heterocycles. The van der Waals surface area contributed by atoms with Gasteiger partial charge < -0.3 is 0 Å². The largest absolute Gasteiger partial charge is 0.316 e. The molecule has 0 saturated heterocycles. The summed E-state index contributed by atoms with van der Waals surface area (Å²) in [4.78, 5) is 26.0. The predicted molar refractivity (Wildman–Crippen MR) is 100 cm³/mol. The summed E-state index contributed by atoms with van der Waals surface area (Å²) in [5.74, 6) is 0. The molecule has 0 radical (unpaired) electrons. The zero-order valence-corrected chi connectivity index (χ0v) is 13.9. The van der Waals surface area contributed by atoms with E-state index >= 15 is 0 Å². The number of hydrogen-bond donors (Lipinski definition) is 0. The monoisotopic (exact) mass is 342 g/mol. The van der Waals surface area contributed by atoms with E-state index in [1.807, 2.05) is 66.7 Å². The van der Waals surface area contributed by atoms with E-state index in [1.165, 1.54) is 10.7 Å². The van der Waals surface area contributed by atoms with Gasteiger partial charge in [-0.1, -0.05) is 66.7 Å². The van der Waals surface area contributed by atoms with Gasteiger partial charge in [0.1, 0.15) is 17.1 Å². The maximum Gasteiger partial charge on any atom is 0.316 e. The van der Waals surface area contributed by atoms with Gasteiger partial charge in [0.05, 0.1) is 4.91 Å². The molecule has 0 spiro atoms. The van der Waals surface area contributed by atoms with E-state index in [-0.39, 0.29) is 0 Å². The van der Waals surface area contributed by atoms with Gasteiger partial charge in [0.2, 0.25) is 0 Å². The van der Waals surface area contributed by atoms with Crippen LogP contribution in [0, 0.1) is 4.91 Å². The SMILES string of the molecule is O=c1cc(-c2ccccc2)n(-c2ccccc2)[n+](=O)n1-c1ccccc1. The van der Waals surface area contributed by atoms with Crippen LogP contribution in [-0.2, 0) is 0 Å². The Hall–Kier alpha value is -3.73. The Morgan fingerprint density at radius 2 is 1.08 bits per heavy atom. The second-order valence-corrected chi connectivity index (χ2v) is 5.78. The van der Waals surface area contributed by atoms with Gasteiger partial charge in [-0.25, -0.2) is 0 Å². The Balaban J connectivity index is 2.09. The minimum absolute atomic E-state index is 0.391. The number of hydrogen-bond acceptors (Lipinski definition) is 2. The van der Waals surface area contributed by atoms with Gasteiger partial charge in [-0.3, -0.25) is 4.79 Å². The van der Waals surface area contributed by atoms with Gasteiger partial charge in [0.15, 0.2) is 0 Å². The standard InChI is InChI=1S/C21H16N3O2/c25-21-16-20(17-10-4-1-5-11-17)22(18-12-6-2-7-13-18)24(26)23(21)19-14-8-3-9-15-19/h1-16H/q+1. The molecule has 0 bridgehead atoms. The van der Waals surface area contributed by atoms with E-state index in [4.69, 9.17) is 0 Å². The highest BCUT2D eigenvalue weighted by Crippen LogP contribution is 2.19. The number of para-hydroxylation sites is 2. The molecule has 0 saturated carbocycles. The van der Waals surface area contributed by atoms with Crippen molar-refractivity contribution in [3.63, 3.8) is 0 Å². The molecule has 4 rings (SSSR count). The van der Waals surface area contributed by atoms with Crippen LogP contribution in [0.5, 0.6) is 0 Å². The van der Waals surface area contributed by atoms with Crippen LogP contribution in [0.4, 0.5) is 0 Å². The van der Waals surface area contributed by atoms with Gasteiger partial charge in [0, 0.05) is 11.6 Å². The van der Waals surface area contributed by atoms with Crippen LogP contribution in [0.1, 0.15) is 0 Å². The van der Waals surface area contributed by atoms with Crippen molar-refractivity contribution >= 4 is 0 Å². The first-order valence-corrected chi connectivity index (χ1v) is 8.24. The van der Waals surface area contributed by atoms with Crippen molar-refractivity contribution in [2.24, 2.45) is 0 Å². The second-order valence-electron chi connectivity index (χ2n) is 5.78. The quantitative estimate of drug-likeness (QED) is 0.537. The Bertz CT molecular complexity index is 1150. The maximum atomic E-state index is 13.2. The summed E-state index contributed by atoms with van der Waals surface area (Å²) in [6.45, 7) is 0. The van der Waals surface area contributed by atoms with Crippen LogP contribution >= 0.6 is 0 Å². The lowest BCUT2D eigenvalue weighted by Gasteiger charge is -2.07. The molecule has 5 heteroatoms. The van der Waals surface area contributed by atoms with Crippen molar-refractivity contribution in [3.05, 3.63) is 112 Å². The molecule has 0 N–H and O–H groups in total. The predicted octanol–water partition coefficient (Wildman–Crippen LogP) is 3.21. The van der Waals surface area contributed by atoms with Crippen LogP contribution in [0.3, 0.4) is 0 Å². The fourth-order valence-corrected chi connectivity index (χ4v) is 2.92. The third kappa shape index (κ3) is 2.75. The summed E-state index contributed by atoms with van der Waals surface area (Å²) in [6.07, 6.45) is 0. The molecule has 0 amide bonds. The summed E-state index contributed by atoms with van der Waals surface area (Å²) in [5, 5.41) is 0. The molecule has 126 valence electrons. The number of rotatable bonds is 3. The first-order chi connectivity index (χ1) is 12.8. The first-order valence-electron chi connectivity index (χ1n) is 8.24. The molecule has 26 heavy (non-hydrogen) atoms. The average molecular weight is 342 g/mol. The number of benzene rings is 3. The van der Waals surface area contributed by atoms with Gasteiger partial charge in [0.25, 0.3) is 4.66 Å². The van der Waals surface area contributed by atoms with Crippen molar-refractivity contribution in [1.29, 1.82) is 0 Å². The fraction of sp³-hybridized carbons (Fsp3) is 0. The molecular weight excluding hydrogens is 326 g/mol. The van der Waals surface area contributed by atoms with Crippen molar-refractivity contribution in [2.45, 2.75) is 0 Å². The number of nitrogens with zero attached hydrogens (tertiary/aromatic N) is 3. The molecule has 0 fully saturated rings. The van der Waals surface area contributed by atoms with Gasteiger partial charge in [-0.2, -0.15) is 0 Å². The summed E-state index contributed by atoms with van der Waals surface area (Å²) in [7, 11) is 0. The highest BCUT2D eigenvalue weighted by Gasteiger charge is 2.22. The Kier molecular flexibility index (Phi) is 4.03. The first kappa shape index (κ1) is 15.8. The zero-order chi connectivity index (χ0) is 17.9. The van der Waals surface area contributed by atoms with Crippen molar-refractivity contribution < 1.29 is 4.66 Å². The molecule has 1 heterocycles. The van der Waals surface area contributed by atoms with Crippen LogP contribution in [0.15, 0.2) is 102 Å². The molecule has 0 aliphatic carbocycles. The maximum absolute atomic E-state index is 13.2. The van der Waals surface area contributed by atoms with Crippen molar-refractivity contribution in [3.8, 4) is 22.6 Å². The van der Waals surface area contributed by atoms with E-state index in [0.29, 0.717) is 21.7 Å². The lowest BCUT2D eigenvalue weighted by molar-refractivity contribution is -0.667. The highest BCUT2D eigenvalue weighted by atomic mass is 16.3. The molecule has 3 aromatic carbocycles. The highest BCUT2D eigenvalue weighted by molar-refractivity contribution is 5.60. The van der Waals surface area contributed by atoms with E-state index in [9.17, 15) is 9.70 Å². The fourth-order valence-electron chi connectivity index (χ4n) is 2.92. The van der Waals surface area contributed by atoms with Crippen molar-refractivity contribution in [1.82, 2.24) is 9.36 Å². The van der Waals surface area contributed by atoms with E-state index in [2.05, 4.69) is 0 Å². The second kappa shape index (κ2) is 6.64. The lowest BCUT2D eigenvalue weighted by atomic mass is 10.1. The average Bonchev–Trinajstić information content (AvgIpc) is 2.70. The minimum Gasteiger partial charge on any atom is -0.263 e. The summed E-state index contributed by atoms with van der Waals surface area (Å²) in [5.41, 5.74) is 2.11. The van der Waals surface area contributed by atoms with Crippen molar-refractivity contribution in [2.75, 3.05) is 0 Å². The van der Waals surface area contributed by atoms with E-state index in [0.717, 1.165) is 10.2 Å². The zero-order valence-electron chi connectivity index (χ0n) is 13.9. The van der Waals surface area contributed by atoms with Crippen LogP contribution in [0.25, 0.3) is 22.6 Å². The van der Waals surface area contributed by atoms with Gasteiger partial charge in [-0.15, -0.1) is 0 Å².